The second-order valence-electron chi connectivity index (χ2n) is 3.88. The molecule has 100 valence electrons. The molecule has 0 bridgehead atoms. The molecule has 0 unspecified atom stereocenters. The van der Waals surface area contributed by atoms with Gasteiger partial charge in [0.25, 0.3) is 0 Å². The van der Waals surface area contributed by atoms with E-state index in [0.717, 1.165) is 15.6 Å². The Bertz CT molecular complexity index is 593. The van der Waals surface area contributed by atoms with E-state index in [2.05, 4.69) is 20.9 Å². The number of benzene rings is 1. The van der Waals surface area contributed by atoms with Crippen LogP contribution >= 0.6 is 39.1 Å². The Morgan fingerprint density at radius 1 is 1.21 bits per heavy atom. The van der Waals surface area contributed by atoms with Gasteiger partial charge in [-0.2, -0.15) is 0 Å². The van der Waals surface area contributed by atoms with Crippen LogP contribution in [-0.4, -0.2) is 4.98 Å². The van der Waals surface area contributed by atoms with Crippen LogP contribution in [0, 0.1) is 0 Å². The van der Waals surface area contributed by atoms with Crippen molar-refractivity contribution in [2.45, 2.75) is 13.2 Å². The molecule has 0 aliphatic rings. The topological polar surface area (TPSA) is 48.1 Å². The van der Waals surface area contributed by atoms with Crippen LogP contribution in [-0.2, 0) is 13.2 Å². The summed E-state index contributed by atoms with van der Waals surface area (Å²) in [5, 5.41) is 0.998. The number of nitrogens with zero attached hydrogens (tertiary/aromatic N) is 1. The summed E-state index contributed by atoms with van der Waals surface area (Å²) in [6.07, 6.45) is 3.45. The van der Waals surface area contributed by atoms with Gasteiger partial charge in [-0.25, -0.2) is 0 Å². The van der Waals surface area contributed by atoms with Crippen molar-refractivity contribution in [2.24, 2.45) is 5.73 Å². The van der Waals surface area contributed by atoms with Crippen molar-refractivity contribution in [3.05, 3.63) is 56.2 Å². The minimum atomic E-state index is 0.312. The lowest BCUT2D eigenvalue weighted by Gasteiger charge is -2.12. The molecule has 0 aliphatic heterocycles. The van der Waals surface area contributed by atoms with Gasteiger partial charge in [0.15, 0.2) is 0 Å². The van der Waals surface area contributed by atoms with Crippen LogP contribution in [0.3, 0.4) is 0 Å². The average Bonchev–Trinajstić information content (AvgIpc) is 2.37. The van der Waals surface area contributed by atoms with Crippen LogP contribution in [0.5, 0.6) is 5.75 Å². The van der Waals surface area contributed by atoms with E-state index in [1.54, 1.807) is 24.5 Å². The fourth-order valence-electron chi connectivity index (χ4n) is 1.62. The molecule has 19 heavy (non-hydrogen) atoms. The minimum Gasteiger partial charge on any atom is -0.487 e. The number of pyridine rings is 1. The van der Waals surface area contributed by atoms with E-state index in [1.807, 2.05) is 6.07 Å². The first-order valence-electron chi connectivity index (χ1n) is 5.50. The molecule has 1 aromatic carbocycles. The van der Waals surface area contributed by atoms with Crippen LogP contribution in [0.25, 0.3) is 0 Å². The summed E-state index contributed by atoms with van der Waals surface area (Å²) in [7, 11) is 0. The van der Waals surface area contributed by atoms with Crippen molar-refractivity contribution in [3.8, 4) is 5.75 Å². The summed E-state index contributed by atoms with van der Waals surface area (Å²) in [6.45, 7) is 0.674. The Balaban J connectivity index is 2.19. The first-order valence-corrected chi connectivity index (χ1v) is 7.05. The Hall–Kier alpha value is -0.810. The molecule has 0 fully saturated rings. The van der Waals surface area contributed by atoms with Gasteiger partial charge in [0.2, 0.25) is 0 Å². The first kappa shape index (κ1) is 14.6. The molecule has 0 aliphatic carbocycles. The van der Waals surface area contributed by atoms with Gasteiger partial charge in [-0.1, -0.05) is 23.2 Å². The highest BCUT2D eigenvalue weighted by atomic mass is 79.9. The van der Waals surface area contributed by atoms with Crippen LogP contribution in [0.2, 0.25) is 10.0 Å². The second kappa shape index (κ2) is 6.57. The summed E-state index contributed by atoms with van der Waals surface area (Å²) < 4.78 is 6.62. The molecule has 2 rings (SSSR count). The molecular formula is C13H11BrCl2N2O. The summed E-state index contributed by atoms with van der Waals surface area (Å²) >= 11 is 15.4. The van der Waals surface area contributed by atoms with Crippen LogP contribution in [0.15, 0.2) is 35.1 Å². The third-order valence-corrected chi connectivity index (χ3v) is 3.38. The molecule has 2 N–H and O–H groups in total. The third-order valence-electron chi connectivity index (χ3n) is 2.45. The molecule has 2 aromatic rings. The lowest BCUT2D eigenvalue weighted by Crippen LogP contribution is -2.03. The van der Waals surface area contributed by atoms with Gasteiger partial charge in [0.05, 0.1) is 5.02 Å². The van der Waals surface area contributed by atoms with E-state index in [-0.39, 0.29) is 0 Å². The van der Waals surface area contributed by atoms with Gasteiger partial charge >= 0.3 is 0 Å². The van der Waals surface area contributed by atoms with Crippen LogP contribution in [0.4, 0.5) is 0 Å². The molecular weight excluding hydrogens is 351 g/mol. The van der Waals surface area contributed by atoms with Gasteiger partial charge in [-0.05, 0) is 34.1 Å². The number of nitrogens with two attached hydrogens (primary N) is 1. The van der Waals surface area contributed by atoms with Crippen molar-refractivity contribution in [1.29, 1.82) is 0 Å². The molecule has 1 heterocycles. The molecule has 3 nitrogen and oxygen atoms in total. The van der Waals surface area contributed by atoms with Crippen molar-refractivity contribution in [2.75, 3.05) is 0 Å². The molecule has 0 spiro atoms. The SMILES string of the molecule is NCc1cc(Cl)cc(Cl)c1OCc1cncc(Br)c1. The standard InChI is InChI=1S/C13H11BrCl2N2O/c14-10-1-8(5-18-6-10)7-19-13-9(4-17)2-11(15)3-12(13)16/h1-3,5-6H,4,7,17H2. The number of aromatic nitrogens is 1. The van der Waals surface area contributed by atoms with E-state index >= 15 is 0 Å². The highest BCUT2D eigenvalue weighted by molar-refractivity contribution is 9.10. The number of hydrogen-bond acceptors (Lipinski definition) is 3. The Morgan fingerprint density at radius 2 is 2.00 bits per heavy atom. The number of ether oxygens (including phenoxy) is 1. The predicted octanol–water partition coefficient (Wildman–Crippen LogP) is 4.19. The molecule has 0 saturated carbocycles. The highest BCUT2D eigenvalue weighted by Crippen LogP contribution is 2.32. The van der Waals surface area contributed by atoms with E-state index in [0.29, 0.717) is 28.9 Å². The number of hydrogen-bond donors (Lipinski definition) is 1. The normalized spacial score (nSPS) is 10.5. The van der Waals surface area contributed by atoms with Crippen molar-refractivity contribution >= 4 is 39.1 Å². The first-order chi connectivity index (χ1) is 9.10. The van der Waals surface area contributed by atoms with Crippen molar-refractivity contribution in [1.82, 2.24) is 4.98 Å². The summed E-state index contributed by atoms with van der Waals surface area (Å²) in [5.74, 6) is 0.563. The third kappa shape index (κ3) is 3.83. The van der Waals surface area contributed by atoms with E-state index in [9.17, 15) is 0 Å². The lowest BCUT2D eigenvalue weighted by atomic mass is 10.2. The van der Waals surface area contributed by atoms with E-state index in [4.69, 9.17) is 33.7 Å². The maximum Gasteiger partial charge on any atom is 0.142 e. The minimum absolute atomic E-state index is 0.312. The fraction of sp³-hybridized carbons (Fsp3) is 0.154. The van der Waals surface area contributed by atoms with Gasteiger partial charge in [0, 0.05) is 39.6 Å². The van der Waals surface area contributed by atoms with Gasteiger partial charge < -0.3 is 10.5 Å². The van der Waals surface area contributed by atoms with Gasteiger partial charge in [-0.3, -0.25) is 4.98 Å². The molecule has 6 heteroatoms. The Kier molecular flexibility index (Phi) is 5.05. The zero-order valence-corrected chi connectivity index (χ0v) is 13.0. The van der Waals surface area contributed by atoms with Crippen LogP contribution in [0.1, 0.15) is 11.1 Å². The Labute approximate surface area is 129 Å². The van der Waals surface area contributed by atoms with Gasteiger partial charge in [0.1, 0.15) is 12.4 Å². The Morgan fingerprint density at radius 3 is 2.68 bits per heavy atom. The summed E-state index contributed by atoms with van der Waals surface area (Å²) in [6, 6.07) is 5.32. The van der Waals surface area contributed by atoms with Crippen LogP contribution < -0.4 is 10.5 Å². The predicted molar refractivity (Wildman–Crippen MR) is 80.6 cm³/mol. The zero-order valence-electron chi connectivity index (χ0n) is 9.87. The monoisotopic (exact) mass is 360 g/mol. The van der Waals surface area contributed by atoms with Crippen molar-refractivity contribution in [3.63, 3.8) is 0 Å². The molecule has 1 aromatic heterocycles. The summed E-state index contributed by atoms with van der Waals surface area (Å²) in [5.41, 5.74) is 7.38. The largest absolute Gasteiger partial charge is 0.487 e. The van der Waals surface area contributed by atoms with Gasteiger partial charge in [-0.15, -0.1) is 0 Å². The number of rotatable bonds is 4. The summed E-state index contributed by atoms with van der Waals surface area (Å²) in [4.78, 5) is 4.07. The lowest BCUT2D eigenvalue weighted by molar-refractivity contribution is 0.302. The smallest absolute Gasteiger partial charge is 0.142 e. The molecule has 0 radical (unpaired) electrons. The average molecular weight is 362 g/mol. The second-order valence-corrected chi connectivity index (χ2v) is 5.64. The highest BCUT2D eigenvalue weighted by Gasteiger charge is 2.10. The van der Waals surface area contributed by atoms with Crippen molar-refractivity contribution < 1.29 is 4.74 Å². The zero-order chi connectivity index (χ0) is 13.8. The van der Waals surface area contributed by atoms with E-state index in [1.165, 1.54) is 0 Å². The maximum absolute atomic E-state index is 6.12. The number of halogens is 3. The van der Waals surface area contributed by atoms with E-state index < -0.39 is 0 Å². The molecule has 0 amide bonds. The quantitative estimate of drug-likeness (QED) is 0.888. The maximum atomic E-state index is 6.12. The molecule has 0 atom stereocenters. The fourth-order valence-corrected chi connectivity index (χ4v) is 2.62. The molecule has 0 saturated heterocycles.